The molecule has 15 heavy (non-hydrogen) atoms. The molecule has 0 spiro atoms. The first-order chi connectivity index (χ1) is 7.05. The van der Waals surface area contributed by atoms with Crippen LogP contribution in [0.2, 0.25) is 0 Å². The molecule has 0 saturated carbocycles. The highest BCUT2D eigenvalue weighted by Gasteiger charge is 2.49. The number of ether oxygens (including phenoxy) is 1. The Bertz CT molecular complexity index is 257. The van der Waals surface area contributed by atoms with Gasteiger partial charge in [0.15, 0.2) is 0 Å². The van der Waals surface area contributed by atoms with E-state index in [2.05, 4.69) is 30.6 Å². The number of fused-ring (bicyclic) bond motifs is 2. The van der Waals surface area contributed by atoms with Crippen LogP contribution >= 0.6 is 0 Å². The van der Waals surface area contributed by atoms with Crippen LogP contribution in [0.25, 0.3) is 0 Å². The Hall–Kier alpha value is -0.120. The van der Waals surface area contributed by atoms with Crippen molar-refractivity contribution in [1.82, 2.24) is 9.80 Å². The summed E-state index contributed by atoms with van der Waals surface area (Å²) in [7, 11) is 0. The van der Waals surface area contributed by atoms with Crippen molar-refractivity contribution in [2.24, 2.45) is 0 Å². The van der Waals surface area contributed by atoms with Crippen molar-refractivity contribution in [2.75, 3.05) is 26.3 Å². The van der Waals surface area contributed by atoms with Crippen molar-refractivity contribution in [2.45, 2.75) is 50.9 Å². The zero-order valence-corrected chi connectivity index (χ0v) is 10.1. The highest BCUT2D eigenvalue weighted by molar-refractivity contribution is 5.05. The number of nitrogens with zero attached hydrogens (tertiary/aromatic N) is 2. The molecular weight excluding hydrogens is 188 g/mol. The maximum atomic E-state index is 5.29. The van der Waals surface area contributed by atoms with Gasteiger partial charge in [-0.25, -0.2) is 0 Å². The number of piperazine rings is 1. The smallest absolute Gasteiger partial charge is 0.0645 e. The van der Waals surface area contributed by atoms with E-state index in [1.807, 2.05) is 0 Å². The van der Waals surface area contributed by atoms with E-state index in [4.69, 9.17) is 4.74 Å². The lowest BCUT2D eigenvalue weighted by molar-refractivity contribution is -0.0855. The standard InChI is InChI=1S/C12H22N2O/c1-12(2,3)14-6-9-4-10(14)5-13(9)11-7-15-8-11/h9-11H,4-8H2,1-3H3. The molecule has 0 aromatic carbocycles. The lowest BCUT2D eigenvalue weighted by atomic mass is 10.0. The number of rotatable bonds is 1. The van der Waals surface area contributed by atoms with Crippen molar-refractivity contribution in [3.05, 3.63) is 0 Å². The van der Waals surface area contributed by atoms with Gasteiger partial charge in [0.25, 0.3) is 0 Å². The minimum absolute atomic E-state index is 0.349. The fourth-order valence-electron chi connectivity index (χ4n) is 3.38. The predicted octanol–water partition coefficient (Wildman–Crippen LogP) is 0.942. The number of hydrogen-bond acceptors (Lipinski definition) is 3. The van der Waals surface area contributed by atoms with Gasteiger partial charge in [0, 0.05) is 30.7 Å². The summed E-state index contributed by atoms with van der Waals surface area (Å²) in [5.41, 5.74) is 0.349. The Kier molecular flexibility index (Phi) is 2.14. The summed E-state index contributed by atoms with van der Waals surface area (Å²) in [4.78, 5) is 5.38. The van der Waals surface area contributed by atoms with E-state index >= 15 is 0 Å². The van der Waals surface area contributed by atoms with Gasteiger partial charge in [-0.3, -0.25) is 9.80 Å². The van der Waals surface area contributed by atoms with Crippen molar-refractivity contribution in [3.8, 4) is 0 Å². The molecule has 2 atom stereocenters. The monoisotopic (exact) mass is 210 g/mol. The van der Waals surface area contributed by atoms with Crippen LogP contribution in [0.1, 0.15) is 27.2 Å². The minimum atomic E-state index is 0.349. The first-order valence-corrected chi connectivity index (χ1v) is 6.16. The molecule has 3 rings (SSSR count). The van der Waals surface area contributed by atoms with Gasteiger partial charge in [-0.2, -0.15) is 0 Å². The molecule has 3 heteroatoms. The summed E-state index contributed by atoms with van der Waals surface area (Å²) in [5.74, 6) is 0. The zero-order chi connectivity index (χ0) is 10.6. The highest BCUT2D eigenvalue weighted by atomic mass is 16.5. The second-order valence-electron chi connectivity index (χ2n) is 6.25. The normalized spacial score (nSPS) is 38.6. The van der Waals surface area contributed by atoms with Gasteiger partial charge in [-0.15, -0.1) is 0 Å². The predicted molar refractivity (Wildman–Crippen MR) is 60.0 cm³/mol. The second kappa shape index (κ2) is 3.19. The zero-order valence-electron chi connectivity index (χ0n) is 10.1. The Labute approximate surface area is 92.4 Å². The molecule has 0 aromatic rings. The quantitative estimate of drug-likeness (QED) is 0.640. The molecule has 3 aliphatic heterocycles. The molecule has 3 heterocycles. The third-order valence-corrected chi connectivity index (χ3v) is 4.23. The molecule has 3 nitrogen and oxygen atoms in total. The summed E-state index contributed by atoms with van der Waals surface area (Å²) < 4.78 is 5.29. The molecule has 3 saturated heterocycles. The van der Waals surface area contributed by atoms with Crippen molar-refractivity contribution in [1.29, 1.82) is 0 Å². The fourth-order valence-corrected chi connectivity index (χ4v) is 3.38. The van der Waals surface area contributed by atoms with E-state index in [1.165, 1.54) is 19.5 Å². The van der Waals surface area contributed by atoms with Crippen LogP contribution in [0, 0.1) is 0 Å². The molecule has 0 N–H and O–H groups in total. The van der Waals surface area contributed by atoms with Crippen LogP contribution in [0.4, 0.5) is 0 Å². The van der Waals surface area contributed by atoms with Crippen LogP contribution in [-0.2, 0) is 4.74 Å². The highest BCUT2D eigenvalue weighted by Crippen LogP contribution is 2.37. The summed E-state index contributed by atoms with van der Waals surface area (Å²) in [5, 5.41) is 0. The van der Waals surface area contributed by atoms with Crippen molar-refractivity contribution < 1.29 is 4.74 Å². The van der Waals surface area contributed by atoms with Gasteiger partial charge in [-0.05, 0) is 27.2 Å². The van der Waals surface area contributed by atoms with Crippen molar-refractivity contribution >= 4 is 0 Å². The molecule has 0 aliphatic carbocycles. The van der Waals surface area contributed by atoms with Crippen LogP contribution in [0.3, 0.4) is 0 Å². The molecule has 0 radical (unpaired) electrons. The molecule has 3 aliphatic rings. The van der Waals surface area contributed by atoms with E-state index in [1.54, 1.807) is 0 Å². The fraction of sp³-hybridized carbons (Fsp3) is 1.00. The largest absolute Gasteiger partial charge is 0.378 e. The second-order valence-corrected chi connectivity index (χ2v) is 6.25. The van der Waals surface area contributed by atoms with Crippen LogP contribution in [0.15, 0.2) is 0 Å². The molecule has 0 aromatic heterocycles. The summed E-state index contributed by atoms with van der Waals surface area (Å²) in [6, 6.07) is 2.35. The van der Waals surface area contributed by atoms with Gasteiger partial charge in [-0.1, -0.05) is 0 Å². The first-order valence-electron chi connectivity index (χ1n) is 6.16. The number of likely N-dealkylation sites (tertiary alicyclic amines) is 2. The summed E-state index contributed by atoms with van der Waals surface area (Å²) in [6.45, 7) is 11.5. The minimum Gasteiger partial charge on any atom is -0.378 e. The Balaban J connectivity index is 1.67. The maximum Gasteiger partial charge on any atom is 0.0645 e. The van der Waals surface area contributed by atoms with E-state index in [9.17, 15) is 0 Å². The summed E-state index contributed by atoms with van der Waals surface area (Å²) in [6.07, 6.45) is 1.38. The van der Waals surface area contributed by atoms with Crippen molar-refractivity contribution in [3.63, 3.8) is 0 Å². The first kappa shape index (κ1) is 10.1. The molecule has 3 fully saturated rings. The average Bonchev–Trinajstić information content (AvgIpc) is 2.56. The topological polar surface area (TPSA) is 15.7 Å². The number of hydrogen-bond donors (Lipinski definition) is 0. The van der Waals surface area contributed by atoms with Crippen LogP contribution in [0.5, 0.6) is 0 Å². The molecular formula is C12H22N2O. The van der Waals surface area contributed by atoms with E-state index in [0.29, 0.717) is 5.54 Å². The molecule has 2 bridgehead atoms. The molecule has 86 valence electrons. The van der Waals surface area contributed by atoms with Crippen LogP contribution in [-0.4, -0.2) is 59.8 Å². The molecule has 2 unspecified atom stereocenters. The van der Waals surface area contributed by atoms with E-state index in [-0.39, 0.29) is 0 Å². The Morgan fingerprint density at radius 2 is 1.73 bits per heavy atom. The Morgan fingerprint density at radius 3 is 2.13 bits per heavy atom. The van der Waals surface area contributed by atoms with Gasteiger partial charge in [0.2, 0.25) is 0 Å². The maximum absolute atomic E-state index is 5.29. The van der Waals surface area contributed by atoms with Gasteiger partial charge < -0.3 is 4.74 Å². The third-order valence-electron chi connectivity index (χ3n) is 4.23. The van der Waals surface area contributed by atoms with Gasteiger partial charge >= 0.3 is 0 Å². The van der Waals surface area contributed by atoms with E-state index < -0.39 is 0 Å². The summed E-state index contributed by atoms with van der Waals surface area (Å²) >= 11 is 0. The van der Waals surface area contributed by atoms with Gasteiger partial charge in [0.1, 0.15) is 0 Å². The molecule has 0 amide bonds. The average molecular weight is 210 g/mol. The van der Waals surface area contributed by atoms with Gasteiger partial charge in [0.05, 0.1) is 19.3 Å². The Morgan fingerprint density at radius 1 is 1.00 bits per heavy atom. The van der Waals surface area contributed by atoms with E-state index in [0.717, 1.165) is 31.3 Å². The lowest BCUT2D eigenvalue weighted by Crippen LogP contribution is -2.59. The SMILES string of the molecule is CC(C)(C)N1CC2CC1CN2C1COC1. The third kappa shape index (κ3) is 1.52. The lowest BCUT2D eigenvalue weighted by Gasteiger charge is -2.46. The van der Waals surface area contributed by atoms with Crippen LogP contribution < -0.4 is 0 Å².